The van der Waals surface area contributed by atoms with Crippen molar-refractivity contribution in [2.24, 2.45) is 7.05 Å². The third-order valence-corrected chi connectivity index (χ3v) is 2.32. The van der Waals surface area contributed by atoms with Gasteiger partial charge in [0.05, 0.1) is 11.9 Å². The molecule has 0 aromatic carbocycles. The Morgan fingerprint density at radius 2 is 2.20 bits per heavy atom. The van der Waals surface area contributed by atoms with Gasteiger partial charge in [0.1, 0.15) is 11.3 Å². The van der Waals surface area contributed by atoms with E-state index in [9.17, 15) is 5.11 Å². The van der Waals surface area contributed by atoms with Crippen LogP contribution in [0.5, 0.6) is 0 Å². The molecular weight excluding hydrogens is 216 g/mol. The highest BCUT2D eigenvalue weighted by Crippen LogP contribution is 2.20. The molecule has 0 aliphatic carbocycles. The Kier molecular flexibility index (Phi) is 2.66. The molecule has 1 unspecified atom stereocenters. The van der Waals surface area contributed by atoms with E-state index in [0.29, 0.717) is 16.4 Å². The smallest absolute Gasteiger partial charge is 0.129 e. The van der Waals surface area contributed by atoms with Gasteiger partial charge in [-0.1, -0.05) is 22.9 Å². The largest absolute Gasteiger partial charge is 0.382 e. The van der Waals surface area contributed by atoms with Gasteiger partial charge in [0, 0.05) is 18.8 Å². The Morgan fingerprint density at radius 3 is 2.73 bits per heavy atom. The van der Waals surface area contributed by atoms with Gasteiger partial charge in [-0.15, -0.1) is 5.10 Å². The number of aromatic nitrogens is 4. The lowest BCUT2D eigenvalue weighted by molar-refractivity contribution is 0.209. The Hall–Kier alpha value is -1.46. The number of halogens is 1. The predicted molar refractivity (Wildman–Crippen MR) is 54.3 cm³/mol. The van der Waals surface area contributed by atoms with Crippen molar-refractivity contribution >= 4 is 11.6 Å². The topological polar surface area (TPSA) is 63.8 Å². The summed E-state index contributed by atoms with van der Waals surface area (Å²) in [5, 5.41) is 17.8. The van der Waals surface area contributed by atoms with Gasteiger partial charge in [-0.25, -0.2) is 9.67 Å². The Balaban J connectivity index is 2.32. The zero-order valence-electron chi connectivity index (χ0n) is 8.00. The highest BCUT2D eigenvalue weighted by atomic mass is 35.5. The number of pyridine rings is 1. The van der Waals surface area contributed by atoms with Crippen LogP contribution < -0.4 is 0 Å². The highest BCUT2D eigenvalue weighted by Gasteiger charge is 2.14. The first-order valence-electron chi connectivity index (χ1n) is 4.32. The van der Waals surface area contributed by atoms with Crippen LogP contribution in [0.1, 0.15) is 17.4 Å². The molecule has 0 saturated heterocycles. The molecule has 0 saturated carbocycles. The Labute approximate surface area is 91.3 Å². The molecule has 0 radical (unpaired) electrons. The summed E-state index contributed by atoms with van der Waals surface area (Å²) in [6.07, 6.45) is 2.26. The molecule has 0 fully saturated rings. The fourth-order valence-corrected chi connectivity index (χ4v) is 1.38. The number of aliphatic hydroxyl groups is 1. The molecule has 2 rings (SSSR count). The van der Waals surface area contributed by atoms with Crippen LogP contribution in [0.2, 0.25) is 5.15 Å². The third kappa shape index (κ3) is 1.98. The first-order valence-corrected chi connectivity index (χ1v) is 4.70. The lowest BCUT2D eigenvalue weighted by Gasteiger charge is -2.09. The van der Waals surface area contributed by atoms with Gasteiger partial charge in [0.2, 0.25) is 0 Å². The maximum atomic E-state index is 9.97. The highest BCUT2D eigenvalue weighted by molar-refractivity contribution is 6.29. The van der Waals surface area contributed by atoms with Gasteiger partial charge in [-0.3, -0.25) is 0 Å². The van der Waals surface area contributed by atoms with Crippen LogP contribution in [0.3, 0.4) is 0 Å². The second-order valence-electron chi connectivity index (χ2n) is 3.10. The third-order valence-electron chi connectivity index (χ3n) is 2.10. The van der Waals surface area contributed by atoms with Crippen molar-refractivity contribution in [2.45, 2.75) is 6.10 Å². The second kappa shape index (κ2) is 3.96. The summed E-state index contributed by atoms with van der Waals surface area (Å²) in [7, 11) is 1.72. The quantitative estimate of drug-likeness (QED) is 0.772. The molecule has 6 heteroatoms. The van der Waals surface area contributed by atoms with Gasteiger partial charge in [-0.05, 0) is 6.07 Å². The molecule has 15 heavy (non-hydrogen) atoms. The minimum absolute atomic E-state index is 0.397. The van der Waals surface area contributed by atoms with Crippen LogP contribution in [-0.4, -0.2) is 25.1 Å². The molecule has 0 aliphatic rings. The average Bonchev–Trinajstić information content (AvgIpc) is 2.65. The van der Waals surface area contributed by atoms with Crippen LogP contribution in [0.4, 0.5) is 0 Å². The first kappa shape index (κ1) is 10.1. The van der Waals surface area contributed by atoms with Crippen LogP contribution in [0, 0.1) is 0 Å². The number of hydrogen-bond donors (Lipinski definition) is 1. The fourth-order valence-electron chi connectivity index (χ4n) is 1.26. The molecule has 0 amide bonds. The molecule has 1 N–H and O–H groups in total. The Bertz CT molecular complexity index is 453. The van der Waals surface area contributed by atoms with E-state index >= 15 is 0 Å². The van der Waals surface area contributed by atoms with Gasteiger partial charge in [0.15, 0.2) is 0 Å². The van der Waals surface area contributed by atoms with Crippen LogP contribution in [0.15, 0.2) is 24.5 Å². The lowest BCUT2D eigenvalue weighted by Crippen LogP contribution is -2.06. The van der Waals surface area contributed by atoms with Crippen molar-refractivity contribution in [1.82, 2.24) is 20.0 Å². The molecule has 2 heterocycles. The molecule has 5 nitrogen and oxygen atoms in total. The normalized spacial score (nSPS) is 12.7. The van der Waals surface area contributed by atoms with Crippen LogP contribution >= 0.6 is 11.6 Å². The van der Waals surface area contributed by atoms with Crippen molar-refractivity contribution < 1.29 is 5.11 Å². The molecule has 0 aliphatic heterocycles. The minimum Gasteiger partial charge on any atom is -0.382 e. The van der Waals surface area contributed by atoms with Gasteiger partial charge in [0.25, 0.3) is 0 Å². The summed E-state index contributed by atoms with van der Waals surface area (Å²) in [6, 6.07) is 3.34. The molecule has 1 atom stereocenters. The van der Waals surface area contributed by atoms with Crippen molar-refractivity contribution in [3.63, 3.8) is 0 Å². The molecule has 2 aromatic heterocycles. The predicted octanol–water partition coefficient (Wildman–Crippen LogP) is 0.945. The van der Waals surface area contributed by atoms with Crippen molar-refractivity contribution in [2.75, 3.05) is 0 Å². The summed E-state index contributed by atoms with van der Waals surface area (Å²) in [4.78, 5) is 3.90. The number of hydrogen-bond acceptors (Lipinski definition) is 4. The van der Waals surface area contributed by atoms with E-state index in [1.165, 1.54) is 17.1 Å². The number of aryl methyl sites for hydroxylation is 1. The summed E-state index contributed by atoms with van der Waals surface area (Å²) in [6.45, 7) is 0. The summed E-state index contributed by atoms with van der Waals surface area (Å²) in [5.74, 6) is 0. The molecule has 0 spiro atoms. The molecular formula is C9H9ClN4O. The maximum absolute atomic E-state index is 9.97. The number of nitrogens with zero attached hydrogens (tertiary/aromatic N) is 4. The molecule has 78 valence electrons. The number of aliphatic hydroxyl groups excluding tert-OH is 1. The summed E-state index contributed by atoms with van der Waals surface area (Å²) in [5.41, 5.74) is 1.27. The summed E-state index contributed by atoms with van der Waals surface area (Å²) < 4.78 is 1.51. The average molecular weight is 225 g/mol. The van der Waals surface area contributed by atoms with E-state index in [2.05, 4.69) is 15.3 Å². The number of rotatable bonds is 2. The van der Waals surface area contributed by atoms with Crippen molar-refractivity contribution in [1.29, 1.82) is 0 Å². The summed E-state index contributed by atoms with van der Waals surface area (Å²) >= 11 is 5.65. The monoisotopic (exact) mass is 224 g/mol. The maximum Gasteiger partial charge on any atom is 0.129 e. The standard InChI is InChI=1S/C9H9ClN4O/c1-14-7(5-12-13-14)9(15)6-2-3-8(10)11-4-6/h2-5,9,15H,1H3. The van der Waals surface area contributed by atoms with Gasteiger partial charge >= 0.3 is 0 Å². The minimum atomic E-state index is -0.783. The van der Waals surface area contributed by atoms with Gasteiger partial charge in [-0.2, -0.15) is 0 Å². The molecule has 0 bridgehead atoms. The van der Waals surface area contributed by atoms with E-state index in [1.807, 2.05) is 0 Å². The van der Waals surface area contributed by atoms with E-state index in [4.69, 9.17) is 11.6 Å². The van der Waals surface area contributed by atoms with Crippen LogP contribution in [0.25, 0.3) is 0 Å². The second-order valence-corrected chi connectivity index (χ2v) is 3.49. The van der Waals surface area contributed by atoms with E-state index < -0.39 is 6.10 Å². The zero-order chi connectivity index (χ0) is 10.8. The van der Waals surface area contributed by atoms with E-state index in [-0.39, 0.29) is 0 Å². The van der Waals surface area contributed by atoms with Crippen molar-refractivity contribution in [3.05, 3.63) is 40.9 Å². The first-order chi connectivity index (χ1) is 7.18. The van der Waals surface area contributed by atoms with Gasteiger partial charge < -0.3 is 5.11 Å². The Morgan fingerprint density at radius 1 is 1.40 bits per heavy atom. The fraction of sp³-hybridized carbons (Fsp3) is 0.222. The van der Waals surface area contributed by atoms with Crippen LogP contribution in [-0.2, 0) is 7.05 Å². The zero-order valence-corrected chi connectivity index (χ0v) is 8.76. The lowest BCUT2D eigenvalue weighted by atomic mass is 10.1. The molecule has 2 aromatic rings. The SMILES string of the molecule is Cn1nncc1C(O)c1ccc(Cl)nc1. The van der Waals surface area contributed by atoms with E-state index in [0.717, 1.165) is 0 Å². The van der Waals surface area contributed by atoms with E-state index in [1.54, 1.807) is 19.2 Å². The van der Waals surface area contributed by atoms with Crippen molar-refractivity contribution in [3.8, 4) is 0 Å².